The van der Waals surface area contributed by atoms with Crippen molar-refractivity contribution in [2.45, 2.75) is 51.5 Å². The highest BCUT2D eigenvalue weighted by molar-refractivity contribution is 5.72. The highest BCUT2D eigenvalue weighted by atomic mass is 16.1. The van der Waals surface area contributed by atoms with Crippen molar-refractivity contribution in [1.82, 2.24) is 4.57 Å². The van der Waals surface area contributed by atoms with Gasteiger partial charge in [-0.25, -0.2) is 0 Å². The van der Waals surface area contributed by atoms with Crippen molar-refractivity contribution in [3.8, 4) is 0 Å². The number of rotatable bonds is 3. The Morgan fingerprint density at radius 2 is 1.79 bits per heavy atom. The zero-order chi connectivity index (χ0) is 13.0. The predicted molar refractivity (Wildman–Crippen MR) is 75.1 cm³/mol. The SMILES string of the molecule is CC(n1cccc1C=O)C12CC3CC(CC(C3)C1)C2. The first-order valence-electron chi connectivity index (χ1n) is 7.82. The quantitative estimate of drug-likeness (QED) is 0.748. The summed E-state index contributed by atoms with van der Waals surface area (Å²) >= 11 is 0. The molecule has 0 aliphatic heterocycles. The number of hydrogen-bond acceptors (Lipinski definition) is 1. The molecule has 2 nitrogen and oxygen atoms in total. The molecule has 2 heteroatoms. The second kappa shape index (κ2) is 3.97. The smallest absolute Gasteiger partial charge is 0.166 e. The first-order valence-corrected chi connectivity index (χ1v) is 7.82. The summed E-state index contributed by atoms with van der Waals surface area (Å²) in [6, 6.07) is 4.45. The van der Waals surface area contributed by atoms with Crippen LogP contribution < -0.4 is 0 Å². The van der Waals surface area contributed by atoms with E-state index in [2.05, 4.69) is 17.7 Å². The second-order valence-corrected chi connectivity index (χ2v) is 7.41. The lowest BCUT2D eigenvalue weighted by molar-refractivity contribution is -0.0788. The summed E-state index contributed by atoms with van der Waals surface area (Å²) in [6.45, 7) is 2.35. The highest BCUT2D eigenvalue weighted by Crippen LogP contribution is 2.63. The van der Waals surface area contributed by atoms with Gasteiger partial charge in [0.2, 0.25) is 0 Å². The summed E-state index contributed by atoms with van der Waals surface area (Å²) in [5, 5.41) is 0. The number of carbonyl (C=O) groups excluding carboxylic acids is 1. The molecule has 4 aliphatic carbocycles. The van der Waals surface area contributed by atoms with Crippen LogP contribution in [0.5, 0.6) is 0 Å². The summed E-state index contributed by atoms with van der Waals surface area (Å²) in [4.78, 5) is 11.2. The summed E-state index contributed by atoms with van der Waals surface area (Å²) in [5.74, 6) is 2.93. The molecular formula is C17H23NO. The summed E-state index contributed by atoms with van der Waals surface area (Å²) in [7, 11) is 0. The molecule has 0 amide bonds. The maximum absolute atomic E-state index is 11.2. The van der Waals surface area contributed by atoms with Crippen molar-refractivity contribution < 1.29 is 4.79 Å². The molecule has 19 heavy (non-hydrogen) atoms. The van der Waals surface area contributed by atoms with Gasteiger partial charge in [0.1, 0.15) is 0 Å². The molecular weight excluding hydrogens is 234 g/mol. The van der Waals surface area contributed by atoms with E-state index in [1.807, 2.05) is 12.1 Å². The number of nitrogens with zero attached hydrogens (tertiary/aromatic N) is 1. The molecule has 0 saturated heterocycles. The Kier molecular flexibility index (Phi) is 2.46. The third-order valence-electron chi connectivity index (χ3n) is 6.32. The van der Waals surface area contributed by atoms with E-state index in [-0.39, 0.29) is 0 Å². The number of aldehydes is 1. The Morgan fingerprint density at radius 1 is 1.21 bits per heavy atom. The van der Waals surface area contributed by atoms with Crippen molar-refractivity contribution >= 4 is 6.29 Å². The van der Waals surface area contributed by atoms with Crippen LogP contribution in [0.3, 0.4) is 0 Å². The van der Waals surface area contributed by atoms with Gasteiger partial charge in [-0.05, 0) is 80.8 Å². The zero-order valence-electron chi connectivity index (χ0n) is 11.7. The van der Waals surface area contributed by atoms with Gasteiger partial charge in [0, 0.05) is 12.2 Å². The molecule has 1 unspecified atom stereocenters. The van der Waals surface area contributed by atoms with Crippen molar-refractivity contribution in [3.05, 3.63) is 24.0 Å². The van der Waals surface area contributed by atoms with E-state index in [0.717, 1.165) is 29.7 Å². The average Bonchev–Trinajstić information content (AvgIpc) is 2.84. The van der Waals surface area contributed by atoms with Gasteiger partial charge in [-0.2, -0.15) is 0 Å². The molecule has 0 radical (unpaired) electrons. The first kappa shape index (κ1) is 11.7. The third-order valence-corrected chi connectivity index (χ3v) is 6.32. The molecule has 1 aromatic rings. The molecule has 0 N–H and O–H groups in total. The fourth-order valence-electron chi connectivity index (χ4n) is 5.84. The number of hydrogen-bond donors (Lipinski definition) is 0. The van der Waals surface area contributed by atoms with Gasteiger partial charge in [0.25, 0.3) is 0 Å². The van der Waals surface area contributed by atoms with Gasteiger partial charge >= 0.3 is 0 Å². The van der Waals surface area contributed by atoms with Gasteiger partial charge in [-0.15, -0.1) is 0 Å². The van der Waals surface area contributed by atoms with Crippen LogP contribution in [0.2, 0.25) is 0 Å². The van der Waals surface area contributed by atoms with E-state index in [9.17, 15) is 4.79 Å². The molecule has 1 heterocycles. The van der Waals surface area contributed by atoms with Crippen LogP contribution in [0.15, 0.2) is 18.3 Å². The number of carbonyl (C=O) groups is 1. The van der Waals surface area contributed by atoms with Gasteiger partial charge in [0.05, 0.1) is 5.69 Å². The van der Waals surface area contributed by atoms with E-state index < -0.39 is 0 Å². The normalized spacial score (nSPS) is 41.4. The predicted octanol–water partition coefficient (Wildman–Crippen LogP) is 4.08. The molecule has 5 rings (SSSR count). The molecule has 102 valence electrons. The molecule has 4 saturated carbocycles. The van der Waals surface area contributed by atoms with Crippen molar-refractivity contribution in [3.63, 3.8) is 0 Å². The third kappa shape index (κ3) is 1.65. The molecule has 4 fully saturated rings. The van der Waals surface area contributed by atoms with E-state index >= 15 is 0 Å². The zero-order valence-corrected chi connectivity index (χ0v) is 11.7. The largest absolute Gasteiger partial charge is 0.342 e. The average molecular weight is 257 g/mol. The lowest BCUT2D eigenvalue weighted by Gasteiger charge is -2.59. The maximum Gasteiger partial charge on any atom is 0.166 e. The summed E-state index contributed by atoms with van der Waals surface area (Å²) < 4.78 is 2.24. The Bertz CT molecular complexity index is 466. The lowest BCUT2D eigenvalue weighted by Crippen LogP contribution is -2.49. The van der Waals surface area contributed by atoms with Gasteiger partial charge < -0.3 is 4.57 Å². The van der Waals surface area contributed by atoms with Gasteiger partial charge in [-0.3, -0.25) is 4.79 Å². The van der Waals surface area contributed by atoms with E-state index in [1.165, 1.54) is 38.5 Å². The first-order chi connectivity index (χ1) is 9.20. The van der Waals surface area contributed by atoms with Crippen molar-refractivity contribution in [2.75, 3.05) is 0 Å². The van der Waals surface area contributed by atoms with Crippen LogP contribution in [0.4, 0.5) is 0 Å². The Labute approximate surface area is 115 Å². The minimum atomic E-state index is 0.478. The monoisotopic (exact) mass is 257 g/mol. The minimum Gasteiger partial charge on any atom is -0.342 e. The Balaban J connectivity index is 1.69. The highest BCUT2D eigenvalue weighted by Gasteiger charge is 2.53. The van der Waals surface area contributed by atoms with E-state index in [0.29, 0.717) is 11.5 Å². The van der Waals surface area contributed by atoms with Crippen LogP contribution in [-0.2, 0) is 0 Å². The second-order valence-electron chi connectivity index (χ2n) is 7.41. The molecule has 4 bridgehead atoms. The van der Waals surface area contributed by atoms with Crippen LogP contribution in [0.25, 0.3) is 0 Å². The maximum atomic E-state index is 11.2. The van der Waals surface area contributed by atoms with Gasteiger partial charge in [0.15, 0.2) is 6.29 Å². The Hall–Kier alpha value is -1.05. The van der Waals surface area contributed by atoms with Crippen LogP contribution in [0.1, 0.15) is 62.0 Å². The molecule has 4 aliphatic rings. The lowest BCUT2D eigenvalue weighted by atomic mass is 9.48. The van der Waals surface area contributed by atoms with Crippen molar-refractivity contribution in [2.24, 2.45) is 23.2 Å². The molecule has 0 aromatic carbocycles. The Morgan fingerprint density at radius 3 is 2.32 bits per heavy atom. The molecule has 0 spiro atoms. The molecule has 1 aromatic heterocycles. The van der Waals surface area contributed by atoms with Crippen molar-refractivity contribution in [1.29, 1.82) is 0 Å². The fraction of sp³-hybridized carbons (Fsp3) is 0.706. The summed E-state index contributed by atoms with van der Waals surface area (Å²) in [5.41, 5.74) is 1.33. The van der Waals surface area contributed by atoms with Crippen LogP contribution in [-0.4, -0.2) is 10.9 Å². The molecule has 1 atom stereocenters. The van der Waals surface area contributed by atoms with E-state index in [4.69, 9.17) is 0 Å². The fourth-order valence-corrected chi connectivity index (χ4v) is 5.84. The summed E-state index contributed by atoms with van der Waals surface area (Å²) in [6.07, 6.45) is 11.8. The standard InChI is InChI=1S/C17H23NO/c1-12(18-4-2-3-16(18)11-19)17-8-13-5-14(9-17)7-15(6-13)10-17/h2-4,11-15H,5-10H2,1H3. The van der Waals surface area contributed by atoms with E-state index in [1.54, 1.807) is 0 Å². The minimum absolute atomic E-state index is 0.478. The number of aromatic nitrogens is 1. The van der Waals surface area contributed by atoms with Crippen LogP contribution >= 0.6 is 0 Å². The topological polar surface area (TPSA) is 22.0 Å². The van der Waals surface area contributed by atoms with Gasteiger partial charge in [-0.1, -0.05) is 0 Å². The van der Waals surface area contributed by atoms with Crippen LogP contribution in [0, 0.1) is 23.2 Å².